The van der Waals surface area contributed by atoms with Gasteiger partial charge >= 0.3 is 0 Å². The van der Waals surface area contributed by atoms with Gasteiger partial charge in [0.25, 0.3) is 5.91 Å². The van der Waals surface area contributed by atoms with Crippen LogP contribution < -0.4 is 14.8 Å². The predicted octanol–water partition coefficient (Wildman–Crippen LogP) is 3.31. The van der Waals surface area contributed by atoms with Crippen molar-refractivity contribution in [3.05, 3.63) is 59.9 Å². The Hall–Kier alpha value is -2.56. The zero-order chi connectivity index (χ0) is 16.7. The van der Waals surface area contributed by atoms with E-state index in [0.29, 0.717) is 24.5 Å². The molecular weight excluding hydrogens is 297 g/mol. The highest BCUT2D eigenvalue weighted by molar-refractivity contribution is 5.81. The molecule has 0 aromatic heterocycles. The van der Waals surface area contributed by atoms with Gasteiger partial charge in [-0.25, -0.2) is 4.39 Å². The van der Waals surface area contributed by atoms with Gasteiger partial charge in [-0.2, -0.15) is 0 Å². The molecule has 1 N–H and O–H groups in total. The largest absolute Gasteiger partial charge is 0.497 e. The Morgan fingerprint density at radius 1 is 1.17 bits per heavy atom. The number of ether oxygens (including phenoxy) is 2. The molecule has 2 aromatic carbocycles. The monoisotopic (exact) mass is 317 g/mol. The van der Waals surface area contributed by atoms with Gasteiger partial charge in [-0.3, -0.25) is 4.79 Å². The summed E-state index contributed by atoms with van der Waals surface area (Å²) in [7, 11) is 1.58. The molecule has 0 saturated heterocycles. The molecule has 0 aliphatic rings. The second kappa shape index (κ2) is 8.17. The fourth-order valence-corrected chi connectivity index (χ4v) is 2.07. The van der Waals surface area contributed by atoms with Crippen molar-refractivity contribution in [2.24, 2.45) is 0 Å². The molecule has 0 radical (unpaired) electrons. The first-order chi connectivity index (χ1) is 11.1. The Balaban J connectivity index is 1.93. The van der Waals surface area contributed by atoms with Gasteiger partial charge in [0, 0.05) is 12.6 Å². The van der Waals surface area contributed by atoms with Crippen LogP contribution in [0.1, 0.15) is 18.9 Å². The fraction of sp³-hybridized carbons (Fsp3) is 0.278. The van der Waals surface area contributed by atoms with Crippen LogP contribution >= 0.6 is 0 Å². The minimum absolute atomic E-state index is 0.209. The van der Waals surface area contributed by atoms with Gasteiger partial charge in [0.2, 0.25) is 0 Å². The first-order valence-electron chi connectivity index (χ1n) is 7.45. The van der Waals surface area contributed by atoms with E-state index in [9.17, 15) is 9.18 Å². The number of carbonyl (C=O) groups excluding carboxylic acids is 1. The number of benzene rings is 2. The van der Waals surface area contributed by atoms with Crippen LogP contribution in [0, 0.1) is 5.82 Å². The van der Waals surface area contributed by atoms with Crippen LogP contribution in [0.5, 0.6) is 11.5 Å². The average Bonchev–Trinajstić information content (AvgIpc) is 2.59. The standard InChI is InChI=1S/C18H20FNO3/c1-3-17(23-16-6-4-5-15(11-16)22-2)18(21)20-12-13-7-9-14(19)10-8-13/h4-11,17H,3,12H2,1-2H3,(H,20,21)/t17-/m0/s1. The second-order valence-electron chi connectivity index (χ2n) is 5.04. The maximum Gasteiger partial charge on any atom is 0.261 e. The van der Waals surface area contributed by atoms with Crippen molar-refractivity contribution in [1.29, 1.82) is 0 Å². The van der Waals surface area contributed by atoms with E-state index in [0.717, 1.165) is 5.56 Å². The summed E-state index contributed by atoms with van der Waals surface area (Å²) in [5.41, 5.74) is 0.830. The third-order valence-electron chi connectivity index (χ3n) is 3.36. The smallest absolute Gasteiger partial charge is 0.261 e. The average molecular weight is 317 g/mol. The Morgan fingerprint density at radius 3 is 2.52 bits per heavy atom. The van der Waals surface area contributed by atoms with Crippen LogP contribution in [0.4, 0.5) is 4.39 Å². The van der Waals surface area contributed by atoms with Crippen molar-refractivity contribution in [3.63, 3.8) is 0 Å². The zero-order valence-corrected chi connectivity index (χ0v) is 13.2. The molecule has 0 bridgehead atoms. The summed E-state index contributed by atoms with van der Waals surface area (Å²) < 4.78 is 23.7. The summed E-state index contributed by atoms with van der Waals surface area (Å²) in [6.45, 7) is 2.21. The SMILES string of the molecule is CC[C@H](Oc1cccc(OC)c1)C(=O)NCc1ccc(F)cc1. The third kappa shape index (κ3) is 4.98. The molecule has 0 fully saturated rings. The van der Waals surface area contributed by atoms with E-state index in [-0.39, 0.29) is 11.7 Å². The lowest BCUT2D eigenvalue weighted by molar-refractivity contribution is -0.128. The molecule has 2 aromatic rings. The molecule has 0 unspecified atom stereocenters. The lowest BCUT2D eigenvalue weighted by Crippen LogP contribution is -2.37. The van der Waals surface area contributed by atoms with Gasteiger partial charge in [-0.1, -0.05) is 25.1 Å². The highest BCUT2D eigenvalue weighted by Gasteiger charge is 2.18. The van der Waals surface area contributed by atoms with Crippen molar-refractivity contribution in [2.75, 3.05) is 7.11 Å². The minimum Gasteiger partial charge on any atom is -0.497 e. The molecule has 23 heavy (non-hydrogen) atoms. The Morgan fingerprint density at radius 2 is 1.87 bits per heavy atom. The van der Waals surface area contributed by atoms with Crippen molar-refractivity contribution in [1.82, 2.24) is 5.32 Å². The zero-order valence-electron chi connectivity index (χ0n) is 13.2. The summed E-state index contributed by atoms with van der Waals surface area (Å²) >= 11 is 0. The Kier molecular flexibility index (Phi) is 5.97. The number of methoxy groups -OCH3 is 1. The lowest BCUT2D eigenvalue weighted by Gasteiger charge is -2.17. The number of halogens is 1. The van der Waals surface area contributed by atoms with Crippen molar-refractivity contribution >= 4 is 5.91 Å². The summed E-state index contributed by atoms with van der Waals surface area (Å²) in [5.74, 6) is 0.740. The summed E-state index contributed by atoms with van der Waals surface area (Å²) in [6, 6.07) is 13.1. The minimum atomic E-state index is -0.595. The number of carbonyl (C=O) groups is 1. The molecule has 122 valence electrons. The topological polar surface area (TPSA) is 47.6 Å². The van der Waals surface area contributed by atoms with E-state index in [1.165, 1.54) is 12.1 Å². The van der Waals surface area contributed by atoms with Gasteiger partial charge in [-0.15, -0.1) is 0 Å². The highest BCUT2D eigenvalue weighted by Crippen LogP contribution is 2.20. The van der Waals surface area contributed by atoms with Crippen LogP contribution in [0.15, 0.2) is 48.5 Å². The first kappa shape index (κ1) is 16.8. The van der Waals surface area contributed by atoms with Crippen LogP contribution in [-0.2, 0) is 11.3 Å². The number of nitrogens with one attached hydrogen (secondary N) is 1. The fourth-order valence-electron chi connectivity index (χ4n) is 2.07. The van der Waals surface area contributed by atoms with E-state index >= 15 is 0 Å². The second-order valence-corrected chi connectivity index (χ2v) is 5.04. The molecule has 0 aliphatic heterocycles. The Labute approximate surface area is 135 Å². The number of rotatable bonds is 7. The summed E-state index contributed by atoms with van der Waals surface area (Å²) in [5, 5.41) is 2.80. The molecule has 4 nitrogen and oxygen atoms in total. The van der Waals surface area contributed by atoms with E-state index in [1.54, 1.807) is 37.4 Å². The lowest BCUT2D eigenvalue weighted by atomic mass is 10.2. The quantitative estimate of drug-likeness (QED) is 0.852. The van der Waals surface area contributed by atoms with E-state index in [4.69, 9.17) is 9.47 Å². The molecule has 1 atom stereocenters. The molecule has 0 aliphatic carbocycles. The number of amides is 1. The van der Waals surface area contributed by atoms with Crippen LogP contribution in [0.2, 0.25) is 0 Å². The highest BCUT2D eigenvalue weighted by atomic mass is 19.1. The molecule has 0 spiro atoms. The predicted molar refractivity (Wildman–Crippen MR) is 85.9 cm³/mol. The molecule has 0 saturated carbocycles. The Bertz CT molecular complexity index is 643. The molecule has 0 heterocycles. The van der Waals surface area contributed by atoms with Gasteiger partial charge < -0.3 is 14.8 Å². The van der Waals surface area contributed by atoms with Crippen LogP contribution in [0.25, 0.3) is 0 Å². The summed E-state index contributed by atoms with van der Waals surface area (Å²) in [6.07, 6.45) is -0.0607. The maximum absolute atomic E-state index is 12.9. The van der Waals surface area contributed by atoms with Crippen molar-refractivity contribution in [2.45, 2.75) is 26.0 Å². The van der Waals surface area contributed by atoms with Crippen molar-refractivity contribution < 1.29 is 18.7 Å². The van der Waals surface area contributed by atoms with Gasteiger partial charge in [0.15, 0.2) is 6.10 Å². The molecule has 5 heteroatoms. The van der Waals surface area contributed by atoms with Gasteiger partial charge in [-0.05, 0) is 36.2 Å². The van der Waals surface area contributed by atoms with E-state index in [2.05, 4.69) is 5.32 Å². The normalized spacial score (nSPS) is 11.6. The number of hydrogen-bond acceptors (Lipinski definition) is 3. The van der Waals surface area contributed by atoms with Gasteiger partial charge in [0.05, 0.1) is 7.11 Å². The van der Waals surface area contributed by atoms with E-state index in [1.807, 2.05) is 13.0 Å². The summed E-state index contributed by atoms with van der Waals surface area (Å²) in [4.78, 5) is 12.2. The van der Waals surface area contributed by atoms with Gasteiger partial charge in [0.1, 0.15) is 17.3 Å². The van der Waals surface area contributed by atoms with Crippen LogP contribution in [-0.4, -0.2) is 19.1 Å². The number of hydrogen-bond donors (Lipinski definition) is 1. The molecular formula is C18H20FNO3. The first-order valence-corrected chi connectivity index (χ1v) is 7.45. The molecule has 2 rings (SSSR count). The van der Waals surface area contributed by atoms with Crippen molar-refractivity contribution in [3.8, 4) is 11.5 Å². The maximum atomic E-state index is 12.9. The molecule has 1 amide bonds. The van der Waals surface area contributed by atoms with E-state index < -0.39 is 6.10 Å². The third-order valence-corrected chi connectivity index (χ3v) is 3.36. The van der Waals surface area contributed by atoms with Crippen LogP contribution in [0.3, 0.4) is 0 Å².